The third kappa shape index (κ3) is 22.7. The molecule has 5 aromatic heterocycles. The number of aromatic nitrogens is 8. The van der Waals surface area contributed by atoms with Crippen molar-refractivity contribution in [2.45, 2.75) is 39.8 Å². The van der Waals surface area contributed by atoms with E-state index in [0.29, 0.717) is 43.6 Å². The lowest BCUT2D eigenvalue weighted by molar-refractivity contribution is -0.274. The van der Waals surface area contributed by atoms with Crippen molar-refractivity contribution in [1.82, 2.24) is 40.6 Å². The maximum absolute atomic E-state index is 14.3. The van der Waals surface area contributed by atoms with Crippen molar-refractivity contribution in [2.75, 3.05) is 32.5 Å². The van der Waals surface area contributed by atoms with Crippen LogP contribution < -0.4 is 28.4 Å². The van der Waals surface area contributed by atoms with Crippen molar-refractivity contribution in [3.05, 3.63) is 331 Å². The Morgan fingerprint density at radius 1 is 0.460 bits per heavy atom. The smallest absolute Gasteiger partial charge is 0.496 e. The quantitative estimate of drug-likeness (QED) is 0.0311. The van der Waals surface area contributed by atoms with Crippen molar-refractivity contribution < 1.29 is 84.3 Å². The number of tetrazole rings is 1. The van der Waals surface area contributed by atoms with Gasteiger partial charge in [-0.2, -0.15) is 5.21 Å². The number of carbonyl (C=O) groups excluding carboxylic acids is 4. The molecule has 5 N–H and O–H groups in total. The number of ether oxygens (including phenoxy) is 2. The molecule has 0 aliphatic carbocycles. The summed E-state index contributed by atoms with van der Waals surface area (Å²) in [6, 6.07) is 42.3. The van der Waals surface area contributed by atoms with Gasteiger partial charge >= 0.3 is 6.36 Å². The number of alkyl halides is 3. The molecule has 0 fully saturated rings. The number of aryl methyl sites for hydroxylation is 2. The third-order valence-corrected chi connectivity index (χ3v) is 25.5. The Hall–Kier alpha value is -11.2. The van der Waals surface area contributed by atoms with Crippen LogP contribution in [0.3, 0.4) is 0 Å². The number of nitrogens with one attached hydrogen (secondary N) is 5. The van der Waals surface area contributed by atoms with Crippen LogP contribution in [0.2, 0.25) is 40.2 Å². The van der Waals surface area contributed by atoms with Crippen LogP contribution in [0.25, 0.3) is 11.4 Å². The molecule has 0 saturated carbocycles. The van der Waals surface area contributed by atoms with E-state index in [0.717, 1.165) is 54.9 Å². The number of sulfonamides is 4. The largest absolute Gasteiger partial charge is 0.573 e. The van der Waals surface area contributed by atoms with E-state index >= 15 is 0 Å². The fourth-order valence-electron chi connectivity index (χ4n) is 11.2. The number of anilines is 4. The number of halogens is 14. The molecule has 124 heavy (non-hydrogen) atoms. The van der Waals surface area contributed by atoms with E-state index in [4.69, 9.17) is 97.5 Å². The number of fused-ring (bicyclic) bond motifs is 1. The highest BCUT2D eigenvalue weighted by Gasteiger charge is 2.35. The molecule has 0 amide bonds. The van der Waals surface area contributed by atoms with Gasteiger partial charge in [-0.3, -0.25) is 48.0 Å². The highest BCUT2D eigenvalue weighted by atomic mass is 79.9. The molecule has 6 heterocycles. The molecule has 27 nitrogen and oxygen atoms in total. The molecule has 0 spiro atoms. The fraction of sp³-hybridized carbons (Fsp3) is 0.0633. The summed E-state index contributed by atoms with van der Waals surface area (Å²) >= 11 is 50.6. The van der Waals surface area contributed by atoms with Gasteiger partial charge < -0.3 is 9.47 Å². The number of carbonyl (C=O) groups is 4. The molecule has 1 aliphatic rings. The number of hydrogen-bond donors (Lipinski definition) is 5. The molecule has 0 radical (unpaired) electrons. The zero-order valence-electron chi connectivity index (χ0n) is 62.6. The highest BCUT2D eigenvalue weighted by Crippen LogP contribution is 2.37. The SMILES string of the molecule is COc1cccc(F)c1C(=O)c1ncc(Cl)cc1NS(=O)(=O)c1ccc(Br)c(F)c1.Cc1cc(S(=O)(=O)Nc2cc(Cl)cnc2C(=O)c2ccccc2-c2nn[nH]n2)ccc1Cl.Cc1cc(S(=O)(=O)Nc2cc(Cl)cnc2C(=O)c2ccccc2OC(F)(F)F)ccc1Cl.O=C1CN=C(c2ncc(Cl)cc2NS(=O)(=O)c2ccc(Cl)c(Cl)c2)c2ccccc21. The summed E-state index contributed by atoms with van der Waals surface area (Å²) in [6.07, 6.45) is -0.225. The second-order valence-corrected chi connectivity index (χ2v) is 36.3. The average molecular weight is 1990 g/mol. The topological polar surface area (TPSA) is 390 Å². The summed E-state index contributed by atoms with van der Waals surface area (Å²) in [5, 5.41) is 15.2. The summed E-state index contributed by atoms with van der Waals surface area (Å²) in [6.45, 7) is 3.23. The molecule has 0 bridgehead atoms. The van der Waals surface area contributed by atoms with Gasteiger partial charge in [-0.05, 0) is 167 Å². The van der Waals surface area contributed by atoms with Gasteiger partial charge in [-0.25, -0.2) is 57.4 Å². The van der Waals surface area contributed by atoms with Crippen molar-refractivity contribution in [3.8, 4) is 22.9 Å². The highest BCUT2D eigenvalue weighted by molar-refractivity contribution is 9.10. The summed E-state index contributed by atoms with van der Waals surface area (Å²) in [5.41, 5.74) is 0.923. The van der Waals surface area contributed by atoms with E-state index in [1.807, 2.05) is 0 Å². The van der Waals surface area contributed by atoms with Crippen LogP contribution in [-0.4, -0.2) is 123 Å². The van der Waals surface area contributed by atoms with Crippen LogP contribution >= 0.6 is 109 Å². The van der Waals surface area contributed by atoms with Gasteiger partial charge in [0.25, 0.3) is 40.1 Å². The Morgan fingerprint density at radius 3 is 1.38 bits per heavy atom. The summed E-state index contributed by atoms with van der Waals surface area (Å²) < 4.78 is 187. The lowest BCUT2D eigenvalue weighted by Gasteiger charge is -2.18. The number of Topliss-reactive ketones (excluding diaryl/α,β-unsaturated/α-hetero) is 1. The lowest BCUT2D eigenvalue weighted by Crippen LogP contribution is -2.23. The van der Waals surface area contributed by atoms with Crippen LogP contribution in [0, 0.1) is 25.5 Å². The summed E-state index contributed by atoms with van der Waals surface area (Å²) in [5.74, 6) is -4.89. The van der Waals surface area contributed by atoms with E-state index < -0.39 is 109 Å². The Labute approximate surface area is 750 Å². The Bertz CT molecular complexity index is 6950. The van der Waals surface area contributed by atoms with Crippen LogP contribution in [0.1, 0.15) is 80.9 Å². The molecular weight excluding hydrogens is 1940 g/mol. The second-order valence-electron chi connectivity index (χ2n) is 25.4. The number of aliphatic imine (C=N–C) groups is 1. The number of aromatic amines is 1. The van der Waals surface area contributed by atoms with Gasteiger partial charge in [0.2, 0.25) is 23.2 Å². The predicted molar refractivity (Wildman–Crippen MR) is 460 cm³/mol. The number of para-hydroxylation sites is 1. The fourth-order valence-corrected chi connectivity index (χ4v) is 17.1. The minimum absolute atomic E-state index is 0.00800. The van der Waals surface area contributed by atoms with Gasteiger partial charge in [0.1, 0.15) is 58.0 Å². The van der Waals surface area contributed by atoms with Gasteiger partial charge in [-0.1, -0.05) is 160 Å². The van der Waals surface area contributed by atoms with Crippen LogP contribution in [0.15, 0.2) is 242 Å². The molecule has 0 unspecified atom stereocenters. The molecular formula is C79H51BrCl8F5N13O14S4. The number of benzene rings is 8. The zero-order chi connectivity index (χ0) is 90.1. The van der Waals surface area contributed by atoms with E-state index in [1.165, 1.54) is 117 Å². The Morgan fingerprint density at radius 2 is 0.887 bits per heavy atom. The van der Waals surface area contributed by atoms with E-state index in [9.17, 15) is 74.8 Å². The summed E-state index contributed by atoms with van der Waals surface area (Å²) in [7, 11) is -15.4. The lowest BCUT2D eigenvalue weighted by atomic mass is 9.94. The maximum Gasteiger partial charge on any atom is 0.573 e. The Balaban J connectivity index is 0.000000161. The first-order valence-electron chi connectivity index (χ1n) is 34.5. The number of hydrogen-bond acceptors (Lipinski definition) is 22. The first kappa shape index (κ1) is 93.5. The van der Waals surface area contributed by atoms with Gasteiger partial charge in [-0.15, -0.1) is 23.4 Å². The molecule has 1 aliphatic heterocycles. The molecule has 0 atom stereocenters. The minimum atomic E-state index is -5.04. The van der Waals surface area contributed by atoms with Crippen molar-refractivity contribution >= 4 is 200 Å². The number of ketones is 4. The third-order valence-electron chi connectivity index (χ3n) is 16.9. The number of nitrogens with zero attached hydrogens (tertiary/aromatic N) is 8. The molecule has 13 aromatic rings. The normalized spacial score (nSPS) is 12.0. The van der Waals surface area contributed by atoms with E-state index in [2.05, 4.69) is 85.1 Å². The first-order valence-corrected chi connectivity index (χ1v) is 44.3. The Kier molecular flexibility index (Phi) is 29.7. The first-order chi connectivity index (χ1) is 58.5. The van der Waals surface area contributed by atoms with Crippen molar-refractivity contribution in [1.29, 1.82) is 0 Å². The molecule has 45 heteroatoms. The predicted octanol–water partition coefficient (Wildman–Crippen LogP) is 19.2. The maximum atomic E-state index is 14.3. The second kappa shape index (κ2) is 39.4. The van der Waals surface area contributed by atoms with Crippen LogP contribution in [0.4, 0.5) is 44.7 Å². The zero-order valence-corrected chi connectivity index (χ0v) is 73.5. The standard InChI is InChI=1S/C20H12Cl3N3O3S.C20H13Cl2F3N2O4S.C20H14Cl2N6O3S.C19H12BrClF2N2O4S/c21-11-7-17(26-30(28,29)12-5-6-15(22)16(23)8-12)20(24-9-11)19-14-4-2-1-3-13(14)18(27)10-25-19;1-11-8-13(6-7-15(11)22)32(29,30)27-16-9-12(21)10-26-18(16)19(28)14-4-2-3-5-17(14)31-20(23,24)25;1-11-8-13(6-7-16(11)22)32(30,31)26-17-9-12(21)10-23-18(17)19(29)14-4-2-3-5-15(14)20-24-27-28-25-20;1-29-16-4-2-3-13(22)17(16)19(26)18-15(7-10(21)9-24-18)25-30(27,28)11-5-6-12(20)14(23)8-11/h1-9,26H,10H2;2-10,27H,1H3;2-10,26H,1H3,(H,24,25,27,28);2-9,25H,1H3. The minimum Gasteiger partial charge on any atom is -0.496 e. The van der Waals surface area contributed by atoms with Gasteiger partial charge in [0, 0.05) is 57.1 Å². The van der Waals surface area contributed by atoms with Crippen molar-refractivity contribution in [3.63, 3.8) is 0 Å². The number of rotatable bonds is 22. The molecule has 0 saturated heterocycles. The number of H-pyrrole nitrogens is 1. The number of methoxy groups -OCH3 is 1. The van der Waals surface area contributed by atoms with Gasteiger partial charge in [0.15, 0.2) is 5.78 Å². The van der Waals surface area contributed by atoms with Crippen LogP contribution in [-0.2, 0) is 40.1 Å². The average Bonchev–Trinajstić information content (AvgIpc) is 0.853. The molecule has 638 valence electrons. The molecule has 14 rings (SSSR count). The monoisotopic (exact) mass is 1990 g/mol. The summed E-state index contributed by atoms with van der Waals surface area (Å²) in [4.78, 5) is 71.3. The van der Waals surface area contributed by atoms with E-state index in [-0.39, 0.29) is 113 Å². The number of pyridine rings is 4. The van der Waals surface area contributed by atoms with Crippen molar-refractivity contribution in [2.24, 2.45) is 4.99 Å². The van der Waals surface area contributed by atoms with Crippen LogP contribution in [0.5, 0.6) is 11.5 Å². The van der Waals surface area contributed by atoms with Gasteiger partial charge in [0.05, 0.1) is 95.3 Å². The van der Waals surface area contributed by atoms with E-state index in [1.54, 1.807) is 62.4 Å². The molecule has 8 aromatic carbocycles.